The lowest BCUT2D eigenvalue weighted by molar-refractivity contribution is 0.0652. The zero-order chi connectivity index (χ0) is 23.0. The second-order valence-electron chi connectivity index (χ2n) is 7.77. The number of para-hydroxylation sites is 1. The second-order valence-corrected chi connectivity index (χ2v) is 7.77. The van der Waals surface area contributed by atoms with E-state index in [-0.39, 0.29) is 28.3 Å². The van der Waals surface area contributed by atoms with Crippen molar-refractivity contribution >= 4 is 23.4 Å². The van der Waals surface area contributed by atoms with Crippen molar-refractivity contribution in [3.8, 4) is 5.69 Å². The SMILES string of the molecule is CCCCN1C(=O)c2ccc(C(=O)Nc3c(C)n(C)n(-c4ccccc4)c3=O)cc2C1=O. The maximum absolute atomic E-state index is 13.0. The molecule has 0 aliphatic carbocycles. The molecule has 2 heterocycles. The second kappa shape index (κ2) is 8.30. The van der Waals surface area contributed by atoms with Gasteiger partial charge in [-0.05, 0) is 43.7 Å². The van der Waals surface area contributed by atoms with Crippen LogP contribution in [0, 0.1) is 6.92 Å². The van der Waals surface area contributed by atoms with Crippen molar-refractivity contribution < 1.29 is 14.4 Å². The Morgan fingerprint density at radius 2 is 1.66 bits per heavy atom. The molecule has 0 unspecified atom stereocenters. The number of carbonyl (C=O) groups is 3. The van der Waals surface area contributed by atoms with E-state index in [2.05, 4.69) is 5.32 Å². The van der Waals surface area contributed by atoms with Crippen molar-refractivity contribution in [1.29, 1.82) is 0 Å². The average Bonchev–Trinajstić information content (AvgIpc) is 3.16. The van der Waals surface area contributed by atoms with Gasteiger partial charge in [0.2, 0.25) is 0 Å². The largest absolute Gasteiger partial charge is 0.316 e. The van der Waals surface area contributed by atoms with Crippen LogP contribution in [0.5, 0.6) is 0 Å². The van der Waals surface area contributed by atoms with Crippen LogP contribution in [-0.4, -0.2) is 38.5 Å². The number of aromatic nitrogens is 2. The smallest absolute Gasteiger partial charge is 0.295 e. The number of carbonyl (C=O) groups excluding carboxylic acids is 3. The average molecular weight is 432 g/mol. The third-order valence-corrected chi connectivity index (χ3v) is 5.76. The van der Waals surface area contributed by atoms with Crippen LogP contribution in [0.1, 0.15) is 56.5 Å². The third-order valence-electron chi connectivity index (χ3n) is 5.76. The Hall–Kier alpha value is -3.94. The summed E-state index contributed by atoms with van der Waals surface area (Å²) in [5.41, 5.74) is 1.78. The Bertz CT molecular complexity index is 1290. The molecule has 0 atom stereocenters. The molecular weight excluding hydrogens is 408 g/mol. The highest BCUT2D eigenvalue weighted by Gasteiger charge is 2.35. The summed E-state index contributed by atoms with van der Waals surface area (Å²) in [5, 5.41) is 2.69. The van der Waals surface area contributed by atoms with E-state index in [1.807, 2.05) is 25.1 Å². The Labute approximate surface area is 185 Å². The summed E-state index contributed by atoms with van der Waals surface area (Å²) in [7, 11) is 1.74. The van der Waals surface area contributed by atoms with Crippen LogP contribution in [0.25, 0.3) is 5.69 Å². The van der Waals surface area contributed by atoms with Gasteiger partial charge in [-0.3, -0.25) is 28.8 Å². The van der Waals surface area contributed by atoms with Gasteiger partial charge in [0, 0.05) is 19.2 Å². The van der Waals surface area contributed by atoms with Crippen molar-refractivity contribution in [2.45, 2.75) is 26.7 Å². The van der Waals surface area contributed by atoms with Crippen LogP contribution in [0.4, 0.5) is 5.69 Å². The summed E-state index contributed by atoms with van der Waals surface area (Å²) in [6.07, 6.45) is 1.58. The number of anilines is 1. The van der Waals surface area contributed by atoms with Crippen LogP contribution < -0.4 is 10.9 Å². The molecule has 1 aliphatic rings. The molecule has 4 rings (SSSR count). The summed E-state index contributed by atoms with van der Waals surface area (Å²) >= 11 is 0. The minimum atomic E-state index is -0.522. The van der Waals surface area contributed by atoms with Crippen LogP contribution in [0.2, 0.25) is 0 Å². The molecule has 2 aromatic carbocycles. The van der Waals surface area contributed by atoms with Gasteiger partial charge in [-0.2, -0.15) is 0 Å². The molecule has 0 bridgehead atoms. The van der Waals surface area contributed by atoms with Gasteiger partial charge in [-0.15, -0.1) is 0 Å². The van der Waals surface area contributed by atoms with Crippen LogP contribution in [0.3, 0.4) is 0 Å². The number of amides is 3. The summed E-state index contributed by atoms with van der Waals surface area (Å²) in [5.74, 6) is -1.25. The number of hydrogen-bond donors (Lipinski definition) is 1. The lowest BCUT2D eigenvalue weighted by Crippen LogP contribution is -2.30. The maximum atomic E-state index is 13.0. The number of fused-ring (bicyclic) bond motifs is 1. The highest BCUT2D eigenvalue weighted by atomic mass is 16.2. The van der Waals surface area contributed by atoms with Crippen molar-refractivity contribution in [1.82, 2.24) is 14.3 Å². The molecule has 1 aromatic heterocycles. The molecule has 0 saturated heterocycles. The third kappa shape index (κ3) is 3.43. The standard InChI is InChI=1S/C24H24N4O4/c1-4-5-13-27-22(30)18-12-11-16(14-19(18)23(27)31)21(29)25-20-15(2)26(3)28(24(20)32)17-9-7-6-8-10-17/h6-12,14H,4-5,13H2,1-3H3,(H,25,29). The lowest BCUT2D eigenvalue weighted by Gasteiger charge is -2.12. The topological polar surface area (TPSA) is 93.4 Å². The van der Waals surface area contributed by atoms with Crippen molar-refractivity contribution in [2.24, 2.45) is 7.05 Å². The van der Waals surface area contributed by atoms with Gasteiger partial charge < -0.3 is 5.32 Å². The van der Waals surface area contributed by atoms with Gasteiger partial charge >= 0.3 is 0 Å². The number of benzene rings is 2. The zero-order valence-corrected chi connectivity index (χ0v) is 18.2. The number of nitrogens with zero attached hydrogens (tertiary/aromatic N) is 3. The summed E-state index contributed by atoms with van der Waals surface area (Å²) in [6, 6.07) is 13.5. The van der Waals surface area contributed by atoms with Crippen molar-refractivity contribution in [3.63, 3.8) is 0 Å². The molecule has 0 saturated carbocycles. The first-order chi connectivity index (χ1) is 15.3. The molecule has 8 heteroatoms. The first kappa shape index (κ1) is 21.3. The molecule has 8 nitrogen and oxygen atoms in total. The van der Waals surface area contributed by atoms with Gasteiger partial charge in [0.1, 0.15) is 5.69 Å². The first-order valence-corrected chi connectivity index (χ1v) is 10.5. The molecule has 32 heavy (non-hydrogen) atoms. The van der Waals surface area contributed by atoms with Crippen molar-refractivity contribution in [3.05, 3.63) is 81.3 Å². The highest BCUT2D eigenvalue weighted by molar-refractivity contribution is 6.22. The Kier molecular flexibility index (Phi) is 5.52. The molecule has 3 amide bonds. The fourth-order valence-corrected chi connectivity index (χ4v) is 3.85. The van der Waals surface area contributed by atoms with E-state index in [4.69, 9.17) is 0 Å². The molecule has 164 valence electrons. The number of unbranched alkanes of at least 4 members (excludes halogenated alkanes) is 1. The van der Waals surface area contributed by atoms with Crippen LogP contribution in [-0.2, 0) is 7.05 Å². The number of rotatable bonds is 6. The predicted molar refractivity (Wildman–Crippen MR) is 120 cm³/mol. The molecule has 1 N–H and O–H groups in total. The van der Waals surface area contributed by atoms with E-state index in [1.165, 1.54) is 27.8 Å². The molecule has 3 aromatic rings. The summed E-state index contributed by atoms with van der Waals surface area (Å²) in [6.45, 7) is 4.08. The fourth-order valence-electron chi connectivity index (χ4n) is 3.85. The van der Waals surface area contributed by atoms with E-state index < -0.39 is 11.8 Å². The van der Waals surface area contributed by atoms with Crippen molar-refractivity contribution in [2.75, 3.05) is 11.9 Å². The summed E-state index contributed by atoms with van der Waals surface area (Å²) < 4.78 is 3.14. The number of hydrogen-bond acceptors (Lipinski definition) is 4. The normalized spacial score (nSPS) is 12.9. The van der Waals surface area contributed by atoms with E-state index >= 15 is 0 Å². The van der Waals surface area contributed by atoms with Gasteiger partial charge in [0.05, 0.1) is 22.5 Å². The Morgan fingerprint density at radius 3 is 2.34 bits per heavy atom. The number of imide groups is 1. The zero-order valence-electron chi connectivity index (χ0n) is 18.2. The number of nitrogens with one attached hydrogen (secondary N) is 1. The molecule has 1 aliphatic heterocycles. The minimum absolute atomic E-state index is 0.161. The van der Waals surface area contributed by atoms with Gasteiger partial charge in [0.15, 0.2) is 0 Å². The van der Waals surface area contributed by atoms with Crippen LogP contribution in [0.15, 0.2) is 53.3 Å². The fraction of sp³-hybridized carbons (Fsp3) is 0.250. The van der Waals surface area contributed by atoms with E-state index in [0.29, 0.717) is 23.5 Å². The van der Waals surface area contributed by atoms with E-state index in [9.17, 15) is 19.2 Å². The maximum Gasteiger partial charge on any atom is 0.295 e. The monoisotopic (exact) mass is 432 g/mol. The quantitative estimate of drug-likeness (QED) is 0.606. The molecule has 0 fully saturated rings. The van der Waals surface area contributed by atoms with E-state index in [1.54, 1.807) is 30.8 Å². The predicted octanol–water partition coefficient (Wildman–Crippen LogP) is 3.13. The molecule has 0 spiro atoms. The summed E-state index contributed by atoms with van der Waals surface area (Å²) in [4.78, 5) is 52.4. The Balaban J connectivity index is 1.63. The minimum Gasteiger partial charge on any atom is -0.316 e. The van der Waals surface area contributed by atoms with Gasteiger partial charge in [-0.1, -0.05) is 31.5 Å². The first-order valence-electron chi connectivity index (χ1n) is 10.5. The van der Waals surface area contributed by atoms with Gasteiger partial charge in [-0.25, -0.2) is 4.68 Å². The van der Waals surface area contributed by atoms with Gasteiger partial charge in [0.25, 0.3) is 23.3 Å². The lowest BCUT2D eigenvalue weighted by atomic mass is 10.1. The molecular formula is C24H24N4O4. The van der Waals surface area contributed by atoms with E-state index in [0.717, 1.165) is 12.8 Å². The Morgan fingerprint density at radius 1 is 0.969 bits per heavy atom. The highest BCUT2D eigenvalue weighted by Crippen LogP contribution is 2.25. The van der Waals surface area contributed by atoms with Crippen LogP contribution >= 0.6 is 0 Å². The molecule has 0 radical (unpaired) electrons.